The molecule has 0 amide bonds. The second-order valence-corrected chi connectivity index (χ2v) is 3.96. The standard InChI is InChI=1S/C10H8N2O2S/c11-10-12-8(5-13)9(15-10)6-1-3-7(14)4-2-6/h1-5,14H,(H2,11,12). The summed E-state index contributed by atoms with van der Waals surface area (Å²) in [7, 11) is 0. The van der Waals surface area contributed by atoms with Crippen LogP contribution in [-0.2, 0) is 0 Å². The number of hydrogen-bond donors (Lipinski definition) is 2. The minimum atomic E-state index is 0.184. The molecule has 0 atom stereocenters. The highest BCUT2D eigenvalue weighted by Crippen LogP contribution is 2.31. The van der Waals surface area contributed by atoms with Crippen molar-refractivity contribution in [3.8, 4) is 16.2 Å². The highest BCUT2D eigenvalue weighted by atomic mass is 32.1. The molecule has 0 aliphatic heterocycles. The van der Waals surface area contributed by atoms with Crippen molar-refractivity contribution in [1.29, 1.82) is 0 Å². The summed E-state index contributed by atoms with van der Waals surface area (Å²) < 4.78 is 0. The first-order valence-electron chi connectivity index (χ1n) is 4.21. The Kier molecular flexibility index (Phi) is 2.39. The predicted molar refractivity (Wildman–Crippen MR) is 59.0 cm³/mol. The van der Waals surface area contributed by atoms with Gasteiger partial charge in [0, 0.05) is 0 Å². The van der Waals surface area contributed by atoms with Gasteiger partial charge in [0.2, 0.25) is 0 Å². The third-order valence-corrected chi connectivity index (χ3v) is 2.86. The van der Waals surface area contributed by atoms with Crippen molar-refractivity contribution in [2.24, 2.45) is 0 Å². The Morgan fingerprint density at radius 1 is 1.33 bits per heavy atom. The molecule has 0 saturated carbocycles. The Balaban J connectivity index is 2.52. The number of rotatable bonds is 2. The lowest BCUT2D eigenvalue weighted by molar-refractivity contribution is 0.112. The van der Waals surface area contributed by atoms with Crippen molar-refractivity contribution in [2.75, 3.05) is 5.73 Å². The van der Waals surface area contributed by atoms with Crippen molar-refractivity contribution in [2.45, 2.75) is 0 Å². The first-order chi connectivity index (χ1) is 7.20. The van der Waals surface area contributed by atoms with Crippen molar-refractivity contribution < 1.29 is 9.90 Å². The number of phenols is 1. The Morgan fingerprint density at radius 2 is 2.00 bits per heavy atom. The zero-order valence-corrected chi connectivity index (χ0v) is 8.49. The van der Waals surface area contributed by atoms with Gasteiger partial charge < -0.3 is 10.8 Å². The minimum absolute atomic E-state index is 0.184. The number of carbonyl (C=O) groups is 1. The average Bonchev–Trinajstić information content (AvgIpc) is 2.61. The fourth-order valence-corrected chi connectivity index (χ4v) is 2.05. The molecule has 0 fully saturated rings. The van der Waals surface area contributed by atoms with Crippen LogP contribution in [-0.4, -0.2) is 16.4 Å². The first kappa shape index (κ1) is 9.67. The molecular formula is C10H8N2O2S. The van der Waals surface area contributed by atoms with Crippen LogP contribution in [0.3, 0.4) is 0 Å². The van der Waals surface area contributed by atoms with E-state index in [1.807, 2.05) is 0 Å². The molecule has 15 heavy (non-hydrogen) atoms. The van der Waals surface area contributed by atoms with E-state index in [0.717, 1.165) is 10.4 Å². The molecule has 1 aromatic heterocycles. The lowest BCUT2D eigenvalue weighted by Crippen LogP contribution is -1.85. The van der Waals surface area contributed by atoms with Crippen LogP contribution < -0.4 is 5.73 Å². The molecule has 0 unspecified atom stereocenters. The fourth-order valence-electron chi connectivity index (χ4n) is 1.25. The Bertz CT molecular complexity index is 491. The van der Waals surface area contributed by atoms with Crippen LogP contribution in [0, 0.1) is 0 Å². The van der Waals surface area contributed by atoms with Gasteiger partial charge in [-0.1, -0.05) is 11.3 Å². The smallest absolute Gasteiger partial charge is 0.181 e. The van der Waals surface area contributed by atoms with E-state index in [2.05, 4.69) is 4.98 Å². The van der Waals surface area contributed by atoms with Crippen LogP contribution in [0.4, 0.5) is 5.13 Å². The predicted octanol–water partition coefficient (Wildman–Crippen LogP) is 1.91. The number of nitrogens with two attached hydrogens (primary N) is 1. The van der Waals surface area contributed by atoms with Gasteiger partial charge in [-0.25, -0.2) is 4.98 Å². The van der Waals surface area contributed by atoms with Gasteiger partial charge in [-0.3, -0.25) is 4.79 Å². The molecule has 3 N–H and O–H groups in total. The topological polar surface area (TPSA) is 76.2 Å². The largest absolute Gasteiger partial charge is 0.508 e. The second-order valence-electron chi connectivity index (χ2n) is 2.93. The van der Waals surface area contributed by atoms with E-state index in [0.29, 0.717) is 17.1 Å². The Morgan fingerprint density at radius 3 is 2.60 bits per heavy atom. The molecule has 1 heterocycles. The lowest BCUT2D eigenvalue weighted by Gasteiger charge is -1.97. The summed E-state index contributed by atoms with van der Waals surface area (Å²) >= 11 is 1.25. The number of hydrogen-bond acceptors (Lipinski definition) is 5. The van der Waals surface area contributed by atoms with Crippen LogP contribution in [0.1, 0.15) is 10.5 Å². The third kappa shape index (κ3) is 1.82. The third-order valence-electron chi connectivity index (χ3n) is 1.91. The molecule has 2 rings (SSSR count). The van der Waals surface area contributed by atoms with Crippen LogP contribution >= 0.6 is 11.3 Å². The van der Waals surface area contributed by atoms with Crippen molar-refractivity contribution in [1.82, 2.24) is 4.98 Å². The van der Waals surface area contributed by atoms with Crippen LogP contribution in [0.25, 0.3) is 10.4 Å². The summed E-state index contributed by atoms with van der Waals surface area (Å²) in [4.78, 5) is 15.3. The first-order valence-corrected chi connectivity index (χ1v) is 5.03. The summed E-state index contributed by atoms with van der Waals surface area (Å²) in [6.45, 7) is 0. The Hall–Kier alpha value is -1.88. The van der Waals surface area contributed by atoms with Crippen LogP contribution in [0.5, 0.6) is 5.75 Å². The number of nitrogen functional groups attached to an aromatic ring is 1. The maximum Gasteiger partial charge on any atom is 0.181 e. The zero-order chi connectivity index (χ0) is 10.8. The molecule has 0 aliphatic rings. The highest BCUT2D eigenvalue weighted by molar-refractivity contribution is 7.19. The van der Waals surface area contributed by atoms with Gasteiger partial charge in [0.25, 0.3) is 0 Å². The van der Waals surface area contributed by atoms with Gasteiger partial charge >= 0.3 is 0 Å². The number of nitrogens with zero attached hydrogens (tertiary/aromatic N) is 1. The number of anilines is 1. The maximum atomic E-state index is 10.7. The molecule has 0 bridgehead atoms. The molecular weight excluding hydrogens is 212 g/mol. The SMILES string of the molecule is Nc1nc(C=O)c(-c2ccc(O)cc2)s1. The molecule has 0 aliphatic carbocycles. The Labute approximate surface area is 90.0 Å². The number of aromatic nitrogens is 1. The monoisotopic (exact) mass is 220 g/mol. The van der Waals surface area contributed by atoms with Gasteiger partial charge in [-0.2, -0.15) is 0 Å². The number of benzene rings is 1. The van der Waals surface area contributed by atoms with Gasteiger partial charge in [-0.15, -0.1) is 0 Å². The van der Waals surface area contributed by atoms with Gasteiger partial charge in [-0.05, 0) is 29.8 Å². The number of aromatic hydroxyl groups is 1. The van der Waals surface area contributed by atoms with E-state index in [9.17, 15) is 4.79 Å². The summed E-state index contributed by atoms with van der Waals surface area (Å²) in [5.74, 6) is 0.184. The minimum Gasteiger partial charge on any atom is -0.508 e. The van der Waals surface area contributed by atoms with E-state index >= 15 is 0 Å². The number of aldehydes is 1. The molecule has 0 radical (unpaired) electrons. The fraction of sp³-hybridized carbons (Fsp3) is 0. The van der Waals surface area contributed by atoms with Crippen molar-refractivity contribution in [3.05, 3.63) is 30.0 Å². The van der Waals surface area contributed by atoms with E-state index in [1.54, 1.807) is 24.3 Å². The molecule has 0 saturated heterocycles. The molecule has 2 aromatic rings. The second kappa shape index (κ2) is 3.70. The van der Waals surface area contributed by atoms with Gasteiger partial charge in [0.05, 0.1) is 4.88 Å². The van der Waals surface area contributed by atoms with Crippen LogP contribution in [0.15, 0.2) is 24.3 Å². The number of carbonyl (C=O) groups excluding carboxylic acids is 1. The van der Waals surface area contributed by atoms with Crippen LogP contribution in [0.2, 0.25) is 0 Å². The molecule has 5 heteroatoms. The molecule has 0 spiro atoms. The van der Waals surface area contributed by atoms with E-state index in [1.165, 1.54) is 11.3 Å². The van der Waals surface area contributed by atoms with E-state index in [-0.39, 0.29) is 5.75 Å². The van der Waals surface area contributed by atoms with Gasteiger partial charge in [0.1, 0.15) is 11.4 Å². The maximum absolute atomic E-state index is 10.7. The van der Waals surface area contributed by atoms with Crippen molar-refractivity contribution in [3.63, 3.8) is 0 Å². The number of phenolic OH excluding ortho intramolecular Hbond substituents is 1. The van der Waals surface area contributed by atoms with E-state index in [4.69, 9.17) is 10.8 Å². The average molecular weight is 220 g/mol. The quantitative estimate of drug-likeness (QED) is 0.758. The summed E-state index contributed by atoms with van der Waals surface area (Å²) in [6, 6.07) is 6.55. The van der Waals surface area contributed by atoms with Crippen molar-refractivity contribution >= 4 is 22.8 Å². The summed E-state index contributed by atoms with van der Waals surface area (Å²) in [6.07, 6.45) is 0.676. The zero-order valence-electron chi connectivity index (χ0n) is 7.68. The summed E-state index contributed by atoms with van der Waals surface area (Å²) in [5.41, 5.74) is 6.68. The molecule has 1 aromatic carbocycles. The van der Waals surface area contributed by atoms with E-state index < -0.39 is 0 Å². The lowest BCUT2D eigenvalue weighted by atomic mass is 10.1. The number of thiazole rings is 1. The molecule has 76 valence electrons. The molecule has 4 nitrogen and oxygen atoms in total. The summed E-state index contributed by atoms with van der Waals surface area (Å²) in [5, 5.41) is 9.49. The highest BCUT2D eigenvalue weighted by Gasteiger charge is 2.10. The van der Waals surface area contributed by atoms with Gasteiger partial charge in [0.15, 0.2) is 11.4 Å². The normalized spacial score (nSPS) is 10.1.